The Labute approximate surface area is 246 Å². The number of benzene rings is 2. The van der Waals surface area contributed by atoms with Crippen LogP contribution in [0.2, 0.25) is 0 Å². The number of hydrogen-bond donors (Lipinski definition) is 2. The molecule has 12 heteroatoms. The van der Waals surface area contributed by atoms with E-state index < -0.39 is 20.7 Å². The molecule has 2 atom stereocenters. The van der Waals surface area contributed by atoms with Crippen LogP contribution in [0.15, 0.2) is 24.3 Å². The molecule has 0 spiro atoms. The van der Waals surface area contributed by atoms with Gasteiger partial charge in [0.2, 0.25) is 0 Å². The molecule has 1 aliphatic carbocycles. The van der Waals surface area contributed by atoms with Gasteiger partial charge < -0.3 is 12.4 Å². The number of nitrogens with zero attached hydrogens (tertiary/aromatic N) is 4. The zero-order valence-corrected chi connectivity index (χ0v) is 25.3. The third-order valence-corrected chi connectivity index (χ3v) is 8.69. The van der Waals surface area contributed by atoms with Gasteiger partial charge in [-0.3, -0.25) is 0 Å². The van der Waals surface area contributed by atoms with Crippen LogP contribution in [0.25, 0.3) is 0 Å². The van der Waals surface area contributed by atoms with Crippen LogP contribution in [-0.4, -0.2) is 51.8 Å². The van der Waals surface area contributed by atoms with Crippen molar-refractivity contribution >= 4 is 23.8 Å². The summed E-state index contributed by atoms with van der Waals surface area (Å²) in [5.74, 6) is 0.0345. The summed E-state index contributed by atoms with van der Waals surface area (Å²) >= 11 is 0.772. The van der Waals surface area contributed by atoms with Crippen molar-refractivity contribution in [3.63, 3.8) is 0 Å². The van der Waals surface area contributed by atoms with E-state index in [2.05, 4.69) is 7.25 Å². The maximum Gasteiger partial charge on any atom is -1.00 e. The van der Waals surface area contributed by atoms with Gasteiger partial charge in [0.05, 0.1) is 0 Å². The fourth-order valence-corrected chi connectivity index (χ4v) is 6.77. The average Bonchev–Trinajstić information content (AvgIpc) is 3.17. The SMILES string of the molecule is CC(C)(C)c1cc([N+](=O)[O-])cc(C=[N+]2[Co][N+](=Cc3cc([N+](=O)[O-])cc(C(C)(C)C)c3O)[C@@H]3CCCC[C@H]32)c1O.[Cl-]. The first-order valence-electron chi connectivity index (χ1n) is 13.0. The molecule has 2 N–H and O–H groups in total. The summed E-state index contributed by atoms with van der Waals surface area (Å²) in [5, 5.41) is 45.6. The number of hydrogen-bond acceptors (Lipinski definition) is 6. The van der Waals surface area contributed by atoms with E-state index in [1.807, 2.05) is 41.5 Å². The van der Waals surface area contributed by atoms with Gasteiger partial charge in [-0.1, -0.05) is 0 Å². The molecule has 0 radical (unpaired) electrons. The Kier molecular flexibility index (Phi) is 9.02. The van der Waals surface area contributed by atoms with Crippen molar-refractivity contribution in [2.45, 2.75) is 90.1 Å². The molecule has 1 saturated heterocycles. The first-order valence-corrected chi connectivity index (χ1v) is 13.9. The summed E-state index contributed by atoms with van der Waals surface area (Å²) in [6.45, 7) is 11.4. The minimum absolute atomic E-state index is 0. The second-order valence-electron chi connectivity index (χ2n) is 12.3. The molecule has 0 aromatic heterocycles. The predicted octanol–water partition coefficient (Wildman–Crippen LogP) is 2.31. The Balaban J connectivity index is 0.00000441. The van der Waals surface area contributed by atoms with E-state index in [4.69, 9.17) is 0 Å². The molecule has 219 valence electrons. The van der Waals surface area contributed by atoms with Crippen molar-refractivity contribution in [2.75, 3.05) is 0 Å². The van der Waals surface area contributed by atoms with E-state index in [1.54, 1.807) is 12.4 Å². The van der Waals surface area contributed by atoms with Crippen LogP contribution in [0, 0.1) is 20.2 Å². The quantitative estimate of drug-likeness (QED) is 0.399. The van der Waals surface area contributed by atoms with E-state index in [-0.39, 0.29) is 47.4 Å². The van der Waals surface area contributed by atoms with Crippen molar-refractivity contribution in [1.29, 1.82) is 0 Å². The molecule has 1 saturated carbocycles. The summed E-state index contributed by atoms with van der Waals surface area (Å²) < 4.78 is 4.11. The smallest absolute Gasteiger partial charge is 1.00 e. The minimum Gasteiger partial charge on any atom is -1.00 e. The predicted molar refractivity (Wildman–Crippen MR) is 144 cm³/mol. The monoisotopic (exact) mass is 618 g/mol. The molecule has 2 aromatic rings. The molecule has 2 aliphatic rings. The van der Waals surface area contributed by atoms with Gasteiger partial charge in [0.15, 0.2) is 0 Å². The van der Waals surface area contributed by atoms with Gasteiger partial charge in [-0.2, -0.15) is 0 Å². The number of fused-ring (bicyclic) bond motifs is 1. The molecule has 2 fully saturated rings. The molecule has 1 aliphatic heterocycles. The molecule has 40 heavy (non-hydrogen) atoms. The van der Waals surface area contributed by atoms with Crippen molar-refractivity contribution in [3.05, 3.63) is 66.7 Å². The second-order valence-corrected chi connectivity index (χ2v) is 13.5. The number of non-ortho nitro benzene ring substituents is 2. The maximum absolute atomic E-state index is 11.7. The molecular weight excluding hydrogens is 583 g/mol. The third-order valence-electron chi connectivity index (χ3n) is 7.25. The first kappa shape index (κ1) is 31.5. The number of aromatic hydroxyl groups is 2. The van der Waals surface area contributed by atoms with E-state index >= 15 is 0 Å². The molecule has 10 nitrogen and oxygen atoms in total. The first-order chi connectivity index (χ1) is 18.1. The van der Waals surface area contributed by atoms with E-state index in [0.29, 0.717) is 22.3 Å². The summed E-state index contributed by atoms with van der Waals surface area (Å²) in [4.78, 5) is 22.5. The fraction of sp³-hybridized carbons (Fsp3) is 0.500. The standard InChI is InChI=1S/C28H36N4O6.ClH.Co/c1-27(2,3)21-13-19(31(35)36)11-17(25(21)33)15-29-23-9-7-8-10-24(23)30-16-18-12-20(32(37)38)14-22(26(18)34)28(4,5)6;;/h11-16,23-24,33-34H,7-10H2,1-6H3;1H;/q;;+2/p-1/t23-,24-;;/m1../s1. The van der Waals surface area contributed by atoms with Gasteiger partial charge in [-0.15, -0.1) is 0 Å². The van der Waals surface area contributed by atoms with Crippen LogP contribution < -0.4 is 12.4 Å². The number of rotatable bonds is 4. The van der Waals surface area contributed by atoms with Gasteiger partial charge in [-0.25, -0.2) is 0 Å². The van der Waals surface area contributed by atoms with Gasteiger partial charge in [0.25, 0.3) is 0 Å². The Bertz CT molecular complexity index is 1310. The number of nitro groups is 2. The Morgan fingerprint density at radius 2 is 1.12 bits per heavy atom. The number of halogens is 1. The molecule has 0 unspecified atom stereocenters. The van der Waals surface area contributed by atoms with Gasteiger partial charge in [-0.05, 0) is 0 Å². The topological polar surface area (TPSA) is 133 Å². The summed E-state index contributed by atoms with van der Waals surface area (Å²) in [5.41, 5.74) is 0.576. The van der Waals surface area contributed by atoms with Crippen LogP contribution in [-0.2, 0) is 26.0 Å². The van der Waals surface area contributed by atoms with Crippen LogP contribution in [0.5, 0.6) is 11.5 Å². The zero-order chi connectivity index (χ0) is 28.9. The number of phenolic OH excluding ortho intramolecular Hbond substituents is 2. The molecule has 0 amide bonds. The molecule has 1 heterocycles. The van der Waals surface area contributed by atoms with E-state index in [1.165, 1.54) is 24.3 Å². The van der Waals surface area contributed by atoms with E-state index in [0.717, 1.165) is 40.8 Å². The third kappa shape index (κ3) is 6.31. The van der Waals surface area contributed by atoms with Gasteiger partial charge in [0.1, 0.15) is 0 Å². The Morgan fingerprint density at radius 1 is 0.775 bits per heavy atom. The fourth-order valence-electron chi connectivity index (χ4n) is 5.14. The maximum atomic E-state index is 11.7. The zero-order valence-electron chi connectivity index (χ0n) is 23.5. The number of nitro benzene ring substituents is 2. The van der Waals surface area contributed by atoms with E-state index in [9.17, 15) is 30.4 Å². The molecule has 0 bridgehead atoms. The van der Waals surface area contributed by atoms with Crippen molar-refractivity contribution < 1.29 is 54.8 Å². The average molecular weight is 619 g/mol. The molecular formula is C28H36ClCoN4O6+. The molecule has 2 aromatic carbocycles. The molecule has 4 rings (SSSR count). The summed E-state index contributed by atoms with van der Waals surface area (Å²) in [7, 11) is 0. The van der Waals surface area contributed by atoms with Crippen molar-refractivity contribution in [3.8, 4) is 11.5 Å². The normalized spacial score (nSPS) is 21.4. The number of phenols is 2. The minimum atomic E-state index is -0.501. The van der Waals surface area contributed by atoms with Crippen LogP contribution in [0.4, 0.5) is 11.4 Å². The van der Waals surface area contributed by atoms with Crippen LogP contribution in [0.3, 0.4) is 0 Å². The van der Waals surface area contributed by atoms with Crippen LogP contribution in [0.1, 0.15) is 89.5 Å². The van der Waals surface area contributed by atoms with Gasteiger partial charge in [0, 0.05) is 0 Å². The van der Waals surface area contributed by atoms with Gasteiger partial charge >= 0.3 is 235 Å². The Hall–Kier alpha value is -3.02. The van der Waals surface area contributed by atoms with Crippen molar-refractivity contribution in [2.24, 2.45) is 0 Å². The largest absolute Gasteiger partial charge is 1.00 e. The second kappa shape index (κ2) is 11.5. The summed E-state index contributed by atoms with van der Waals surface area (Å²) in [6.07, 6.45) is 7.41. The van der Waals surface area contributed by atoms with Crippen molar-refractivity contribution in [1.82, 2.24) is 0 Å². The summed E-state index contributed by atoms with van der Waals surface area (Å²) in [6, 6.07) is 5.80. The Morgan fingerprint density at radius 3 is 1.43 bits per heavy atom. The van der Waals surface area contributed by atoms with Crippen LogP contribution >= 0.6 is 0 Å².